The molecule has 4 heteroatoms. The summed E-state index contributed by atoms with van der Waals surface area (Å²) in [6.07, 6.45) is 6.58. The van der Waals surface area contributed by atoms with Crippen LogP contribution in [0.1, 0.15) is 30.8 Å². The van der Waals surface area contributed by atoms with E-state index in [9.17, 15) is 0 Å². The van der Waals surface area contributed by atoms with Crippen LogP contribution in [0.25, 0.3) is 0 Å². The average Bonchev–Trinajstić information content (AvgIpc) is 2.45. The van der Waals surface area contributed by atoms with Crippen LogP contribution in [0.3, 0.4) is 0 Å². The van der Waals surface area contributed by atoms with Gasteiger partial charge in [0.25, 0.3) is 0 Å². The molecule has 1 aromatic carbocycles. The number of hydrogen-bond donors (Lipinski definition) is 0. The summed E-state index contributed by atoms with van der Waals surface area (Å²) in [7, 11) is 0. The Hall–Kier alpha value is -2.10. The van der Waals surface area contributed by atoms with Gasteiger partial charge < -0.3 is 0 Å². The van der Waals surface area contributed by atoms with Crippen LogP contribution in [0.4, 0.5) is 5.69 Å². The molecule has 0 aliphatic heterocycles. The van der Waals surface area contributed by atoms with Gasteiger partial charge >= 0.3 is 0 Å². The van der Waals surface area contributed by atoms with Gasteiger partial charge in [0.2, 0.25) is 0 Å². The Morgan fingerprint density at radius 1 is 1.06 bits per heavy atom. The van der Waals surface area contributed by atoms with Crippen molar-refractivity contribution < 1.29 is 0 Å². The number of rotatable bonds is 4. The normalized spacial score (nSPS) is 11.0. The van der Waals surface area contributed by atoms with Gasteiger partial charge in [-0.3, -0.25) is 4.99 Å². The largest absolute Gasteiger partial charge is 0.252 e. The second-order valence-corrected chi connectivity index (χ2v) is 3.89. The van der Waals surface area contributed by atoms with Crippen molar-refractivity contribution in [2.45, 2.75) is 26.7 Å². The van der Waals surface area contributed by atoms with Crippen LogP contribution in [0, 0.1) is 0 Å². The monoisotopic (exact) mass is 240 g/mol. The van der Waals surface area contributed by atoms with Crippen molar-refractivity contribution in [3.63, 3.8) is 0 Å². The highest BCUT2D eigenvalue weighted by Gasteiger charge is 2.04. The molecule has 0 radical (unpaired) electrons. The highest BCUT2D eigenvalue weighted by Crippen LogP contribution is 2.25. The molecule has 4 nitrogen and oxygen atoms in total. The van der Waals surface area contributed by atoms with E-state index in [2.05, 4.69) is 52.0 Å². The summed E-state index contributed by atoms with van der Waals surface area (Å²) in [4.78, 5) is 16.4. The van der Waals surface area contributed by atoms with E-state index in [0.29, 0.717) is 5.82 Å². The highest BCUT2D eigenvalue weighted by atomic mass is 15.0. The van der Waals surface area contributed by atoms with E-state index >= 15 is 0 Å². The zero-order valence-corrected chi connectivity index (χ0v) is 10.7. The summed E-state index contributed by atoms with van der Waals surface area (Å²) in [5.74, 6) is 0.581. The van der Waals surface area contributed by atoms with Gasteiger partial charge in [-0.25, -0.2) is 15.0 Å². The number of para-hydroxylation sites is 1. The first kappa shape index (κ1) is 12.4. The first-order valence-electron chi connectivity index (χ1n) is 6.12. The lowest BCUT2D eigenvalue weighted by atomic mass is 10.0. The van der Waals surface area contributed by atoms with Crippen LogP contribution >= 0.6 is 0 Å². The second-order valence-electron chi connectivity index (χ2n) is 3.89. The molecule has 1 heterocycles. The molecule has 0 aliphatic rings. The van der Waals surface area contributed by atoms with E-state index in [1.165, 1.54) is 23.8 Å². The van der Waals surface area contributed by atoms with Gasteiger partial charge in [0.05, 0.1) is 11.9 Å². The maximum Gasteiger partial charge on any atom is 0.173 e. The van der Waals surface area contributed by atoms with Gasteiger partial charge in [-0.15, -0.1) is 0 Å². The van der Waals surface area contributed by atoms with Crippen molar-refractivity contribution in [1.82, 2.24) is 15.0 Å². The van der Waals surface area contributed by atoms with Crippen molar-refractivity contribution in [3.05, 3.63) is 47.8 Å². The quantitative estimate of drug-likeness (QED) is 0.772. The molecular weight excluding hydrogens is 224 g/mol. The molecule has 2 aromatic rings. The first-order valence-corrected chi connectivity index (χ1v) is 6.12. The fourth-order valence-corrected chi connectivity index (χ4v) is 1.82. The number of nitrogens with zero attached hydrogens (tertiary/aromatic N) is 4. The fourth-order valence-electron chi connectivity index (χ4n) is 1.82. The summed E-state index contributed by atoms with van der Waals surface area (Å²) in [5.41, 5.74) is 3.54. The Morgan fingerprint density at radius 3 is 2.22 bits per heavy atom. The number of aromatic nitrogens is 3. The van der Waals surface area contributed by atoms with E-state index in [1.807, 2.05) is 0 Å². The second kappa shape index (κ2) is 6.00. The molecule has 0 N–H and O–H groups in total. The third-order valence-corrected chi connectivity index (χ3v) is 2.79. The Morgan fingerprint density at radius 2 is 1.67 bits per heavy atom. The predicted octanol–water partition coefficient (Wildman–Crippen LogP) is 2.75. The van der Waals surface area contributed by atoms with Gasteiger partial charge in [0.1, 0.15) is 12.7 Å². The predicted molar refractivity (Wildman–Crippen MR) is 72.3 cm³/mol. The lowest BCUT2D eigenvalue weighted by molar-refractivity contribution is 1.03. The Balaban J connectivity index is 2.36. The van der Waals surface area contributed by atoms with Crippen molar-refractivity contribution in [2.24, 2.45) is 4.99 Å². The summed E-state index contributed by atoms with van der Waals surface area (Å²) in [6.45, 7) is 4.27. The SMILES string of the molecule is CCc1cccc(CC)c1N=Cc1ncncn1. The summed E-state index contributed by atoms with van der Waals surface area (Å²) in [5, 5.41) is 0. The molecule has 0 bridgehead atoms. The third-order valence-electron chi connectivity index (χ3n) is 2.79. The minimum Gasteiger partial charge on any atom is -0.252 e. The Bertz CT molecular complexity index is 512. The standard InChI is InChI=1S/C14H16N4/c1-3-11-6-5-7-12(4-2)14(11)16-8-13-17-9-15-10-18-13/h5-10H,3-4H2,1-2H3. The molecule has 0 atom stereocenters. The van der Waals surface area contributed by atoms with Gasteiger partial charge in [-0.05, 0) is 24.0 Å². The molecule has 18 heavy (non-hydrogen) atoms. The Kier molecular flexibility index (Phi) is 4.12. The van der Waals surface area contributed by atoms with Gasteiger partial charge in [-0.2, -0.15) is 0 Å². The van der Waals surface area contributed by atoms with Crippen molar-refractivity contribution in [1.29, 1.82) is 0 Å². The van der Waals surface area contributed by atoms with Crippen LogP contribution in [0.2, 0.25) is 0 Å². The lowest BCUT2D eigenvalue weighted by Gasteiger charge is -2.07. The zero-order valence-electron chi connectivity index (χ0n) is 10.7. The van der Waals surface area contributed by atoms with Gasteiger partial charge in [0, 0.05) is 0 Å². The smallest absolute Gasteiger partial charge is 0.173 e. The molecule has 0 saturated heterocycles. The van der Waals surface area contributed by atoms with E-state index in [4.69, 9.17) is 0 Å². The van der Waals surface area contributed by atoms with E-state index in [1.54, 1.807) is 6.21 Å². The van der Waals surface area contributed by atoms with E-state index < -0.39 is 0 Å². The van der Waals surface area contributed by atoms with E-state index in [-0.39, 0.29) is 0 Å². The zero-order chi connectivity index (χ0) is 12.8. The molecule has 2 rings (SSSR count). The minimum atomic E-state index is 0.581. The maximum atomic E-state index is 4.54. The lowest BCUT2D eigenvalue weighted by Crippen LogP contribution is -1.94. The van der Waals surface area contributed by atoms with Crippen molar-refractivity contribution in [2.75, 3.05) is 0 Å². The van der Waals surface area contributed by atoms with Crippen LogP contribution in [-0.2, 0) is 12.8 Å². The Labute approximate surface area is 107 Å². The first-order chi connectivity index (χ1) is 8.85. The summed E-state index contributed by atoms with van der Waals surface area (Å²) < 4.78 is 0. The third kappa shape index (κ3) is 2.77. The maximum absolute atomic E-state index is 4.54. The topological polar surface area (TPSA) is 51.0 Å². The molecule has 1 aromatic heterocycles. The van der Waals surface area contributed by atoms with E-state index in [0.717, 1.165) is 18.5 Å². The average molecular weight is 240 g/mol. The van der Waals surface area contributed by atoms with Gasteiger partial charge in [-0.1, -0.05) is 32.0 Å². The number of aliphatic imine (C=N–C) groups is 1. The molecule has 0 spiro atoms. The number of benzene rings is 1. The molecule has 0 unspecified atom stereocenters. The molecule has 0 fully saturated rings. The van der Waals surface area contributed by atoms with Crippen LogP contribution in [0.5, 0.6) is 0 Å². The molecular formula is C14H16N4. The summed E-state index contributed by atoms with van der Waals surface area (Å²) >= 11 is 0. The van der Waals surface area contributed by atoms with Gasteiger partial charge in [0.15, 0.2) is 5.82 Å². The molecule has 0 saturated carbocycles. The molecule has 0 aliphatic carbocycles. The molecule has 0 amide bonds. The van der Waals surface area contributed by atoms with Crippen LogP contribution in [0.15, 0.2) is 35.8 Å². The minimum absolute atomic E-state index is 0.581. The fraction of sp³-hybridized carbons (Fsp3) is 0.286. The number of aryl methyl sites for hydroxylation is 2. The highest BCUT2D eigenvalue weighted by molar-refractivity contribution is 5.78. The summed E-state index contributed by atoms with van der Waals surface area (Å²) in [6, 6.07) is 6.30. The van der Waals surface area contributed by atoms with Crippen molar-refractivity contribution >= 4 is 11.9 Å². The molecule has 92 valence electrons. The van der Waals surface area contributed by atoms with Crippen molar-refractivity contribution in [3.8, 4) is 0 Å². The number of hydrogen-bond acceptors (Lipinski definition) is 4. The van der Waals surface area contributed by atoms with Crippen LogP contribution < -0.4 is 0 Å². The van der Waals surface area contributed by atoms with Crippen LogP contribution in [-0.4, -0.2) is 21.2 Å².